The van der Waals surface area contributed by atoms with Gasteiger partial charge in [-0.15, -0.1) is 0 Å². The van der Waals surface area contributed by atoms with Gasteiger partial charge in [-0.1, -0.05) is 6.42 Å². The first-order chi connectivity index (χ1) is 10.4. The zero-order chi connectivity index (χ0) is 15.7. The quantitative estimate of drug-likeness (QED) is 0.874. The molecule has 2 aliphatic rings. The largest absolute Gasteiger partial charge is 0.326 e. The van der Waals surface area contributed by atoms with Crippen LogP contribution in [0.15, 0.2) is 29.2 Å². The van der Waals surface area contributed by atoms with Crippen molar-refractivity contribution in [2.75, 3.05) is 11.9 Å². The molecule has 0 spiro atoms. The first-order valence-corrected chi connectivity index (χ1v) is 9.29. The van der Waals surface area contributed by atoms with E-state index in [-0.39, 0.29) is 10.8 Å². The van der Waals surface area contributed by atoms with Crippen molar-refractivity contribution < 1.29 is 13.2 Å². The molecule has 0 unspecified atom stereocenters. The topological polar surface area (TPSA) is 75.3 Å². The van der Waals surface area contributed by atoms with Crippen LogP contribution in [0, 0.1) is 17.8 Å². The summed E-state index contributed by atoms with van der Waals surface area (Å²) in [5.41, 5.74) is 0.597. The highest BCUT2D eigenvalue weighted by atomic mass is 32.2. The van der Waals surface area contributed by atoms with Gasteiger partial charge >= 0.3 is 0 Å². The summed E-state index contributed by atoms with van der Waals surface area (Å²) in [6, 6.07) is 6.25. The van der Waals surface area contributed by atoms with Gasteiger partial charge in [0.25, 0.3) is 0 Å². The van der Waals surface area contributed by atoms with E-state index in [1.54, 1.807) is 12.1 Å². The zero-order valence-electron chi connectivity index (χ0n) is 12.7. The number of carbonyl (C=O) groups excluding carboxylic acids is 1. The van der Waals surface area contributed by atoms with Crippen molar-refractivity contribution in [1.29, 1.82) is 0 Å². The highest BCUT2D eigenvalue weighted by Crippen LogP contribution is 2.48. The van der Waals surface area contributed by atoms with Crippen LogP contribution in [0.25, 0.3) is 0 Å². The van der Waals surface area contributed by atoms with Crippen molar-refractivity contribution in [3.05, 3.63) is 24.3 Å². The van der Waals surface area contributed by atoms with Gasteiger partial charge in [0.2, 0.25) is 15.9 Å². The molecule has 0 heterocycles. The summed E-state index contributed by atoms with van der Waals surface area (Å²) in [5.74, 6) is 1.84. The van der Waals surface area contributed by atoms with Gasteiger partial charge in [-0.25, -0.2) is 13.1 Å². The van der Waals surface area contributed by atoms with E-state index in [0.717, 1.165) is 12.3 Å². The first kappa shape index (κ1) is 15.5. The molecule has 2 saturated carbocycles. The Bertz CT molecular complexity index is 654. The SMILES string of the molecule is CC(=O)Nc1ccc(S(=O)(=O)NC[C@H]2C[C@H]3CC[C@H]2C3)cc1. The highest BCUT2D eigenvalue weighted by molar-refractivity contribution is 7.89. The average molecular weight is 322 g/mol. The van der Waals surface area contributed by atoms with E-state index in [1.807, 2.05) is 0 Å². The van der Waals surface area contributed by atoms with Crippen molar-refractivity contribution in [2.45, 2.75) is 37.5 Å². The Morgan fingerprint density at radius 2 is 1.91 bits per heavy atom. The molecule has 120 valence electrons. The lowest BCUT2D eigenvalue weighted by molar-refractivity contribution is -0.114. The van der Waals surface area contributed by atoms with E-state index in [1.165, 1.54) is 38.3 Å². The molecule has 0 aromatic heterocycles. The van der Waals surface area contributed by atoms with Crippen LogP contribution in [-0.4, -0.2) is 20.9 Å². The van der Waals surface area contributed by atoms with E-state index in [0.29, 0.717) is 24.1 Å². The Hall–Kier alpha value is -1.40. The number of hydrogen-bond donors (Lipinski definition) is 2. The molecule has 0 aliphatic heterocycles. The number of rotatable bonds is 5. The number of carbonyl (C=O) groups is 1. The molecular formula is C16H22N2O3S. The minimum atomic E-state index is -3.47. The van der Waals surface area contributed by atoms with Gasteiger partial charge in [0.15, 0.2) is 0 Å². The molecule has 1 aromatic carbocycles. The molecule has 2 aliphatic carbocycles. The highest BCUT2D eigenvalue weighted by Gasteiger charge is 2.39. The number of sulfonamides is 1. The molecule has 3 atom stereocenters. The summed E-state index contributed by atoms with van der Waals surface area (Å²) in [6.07, 6.45) is 5.01. The summed E-state index contributed by atoms with van der Waals surface area (Å²) < 4.78 is 27.4. The van der Waals surface area contributed by atoms with Crippen LogP contribution < -0.4 is 10.0 Å². The fourth-order valence-electron chi connectivity index (χ4n) is 3.85. The van der Waals surface area contributed by atoms with Crippen LogP contribution in [0.2, 0.25) is 0 Å². The first-order valence-electron chi connectivity index (χ1n) is 7.81. The maximum atomic E-state index is 12.3. The third-order valence-electron chi connectivity index (χ3n) is 4.91. The molecule has 0 saturated heterocycles. The molecule has 5 nitrogen and oxygen atoms in total. The summed E-state index contributed by atoms with van der Waals surface area (Å²) >= 11 is 0. The van der Waals surface area contributed by atoms with Crippen LogP contribution >= 0.6 is 0 Å². The third kappa shape index (κ3) is 3.33. The van der Waals surface area contributed by atoms with Crippen LogP contribution in [-0.2, 0) is 14.8 Å². The fraction of sp³-hybridized carbons (Fsp3) is 0.562. The van der Waals surface area contributed by atoms with Crippen molar-refractivity contribution in [2.24, 2.45) is 17.8 Å². The normalized spacial score (nSPS) is 27.0. The molecule has 2 N–H and O–H groups in total. The van der Waals surface area contributed by atoms with E-state index < -0.39 is 10.0 Å². The standard InChI is InChI=1S/C16H22N2O3S/c1-11(19)18-15-4-6-16(7-5-15)22(20,21)17-10-14-9-12-2-3-13(14)8-12/h4-7,12-14,17H,2-3,8-10H2,1H3,(H,18,19)/t12-,13-,14+/m0/s1. The van der Waals surface area contributed by atoms with Gasteiger partial charge in [0.05, 0.1) is 4.90 Å². The maximum Gasteiger partial charge on any atom is 0.240 e. The Morgan fingerprint density at radius 3 is 2.45 bits per heavy atom. The Labute approximate surface area is 131 Å². The number of hydrogen-bond acceptors (Lipinski definition) is 3. The number of benzene rings is 1. The minimum Gasteiger partial charge on any atom is -0.326 e. The van der Waals surface area contributed by atoms with Gasteiger partial charge < -0.3 is 5.32 Å². The van der Waals surface area contributed by atoms with E-state index >= 15 is 0 Å². The van der Waals surface area contributed by atoms with Crippen molar-refractivity contribution >= 4 is 21.6 Å². The predicted octanol–water partition coefficient (Wildman–Crippen LogP) is 2.36. The fourth-order valence-corrected chi connectivity index (χ4v) is 4.94. The Balaban J connectivity index is 1.61. The summed E-state index contributed by atoms with van der Waals surface area (Å²) in [5, 5.41) is 2.62. The molecule has 1 amide bonds. The molecular weight excluding hydrogens is 300 g/mol. The summed E-state index contributed by atoms with van der Waals surface area (Å²) in [4.78, 5) is 11.2. The van der Waals surface area contributed by atoms with Crippen LogP contribution in [0.1, 0.15) is 32.6 Å². The molecule has 22 heavy (non-hydrogen) atoms. The number of amides is 1. The third-order valence-corrected chi connectivity index (χ3v) is 6.34. The minimum absolute atomic E-state index is 0.176. The van der Waals surface area contributed by atoms with Gasteiger partial charge in [0.1, 0.15) is 0 Å². The monoisotopic (exact) mass is 322 g/mol. The second-order valence-corrected chi connectivity index (χ2v) is 8.26. The molecule has 6 heteroatoms. The Kier molecular flexibility index (Phi) is 4.23. The lowest BCUT2D eigenvalue weighted by Gasteiger charge is -2.21. The maximum absolute atomic E-state index is 12.3. The van der Waals surface area contributed by atoms with Crippen molar-refractivity contribution in [1.82, 2.24) is 4.72 Å². The molecule has 2 fully saturated rings. The lowest BCUT2D eigenvalue weighted by atomic mass is 9.89. The van der Waals surface area contributed by atoms with E-state index in [4.69, 9.17) is 0 Å². The second kappa shape index (κ2) is 6.01. The van der Waals surface area contributed by atoms with E-state index in [9.17, 15) is 13.2 Å². The molecule has 0 radical (unpaired) electrons. The van der Waals surface area contributed by atoms with Gasteiger partial charge in [-0.2, -0.15) is 0 Å². The Morgan fingerprint density at radius 1 is 1.18 bits per heavy atom. The van der Waals surface area contributed by atoms with Gasteiger partial charge in [-0.3, -0.25) is 4.79 Å². The van der Waals surface area contributed by atoms with Gasteiger partial charge in [-0.05, 0) is 61.3 Å². The number of fused-ring (bicyclic) bond motifs is 2. The molecule has 1 aromatic rings. The van der Waals surface area contributed by atoms with Gasteiger partial charge in [0, 0.05) is 19.2 Å². The zero-order valence-corrected chi connectivity index (χ0v) is 13.5. The predicted molar refractivity (Wildman–Crippen MR) is 84.9 cm³/mol. The summed E-state index contributed by atoms with van der Waals surface area (Å²) in [6.45, 7) is 1.96. The van der Waals surface area contributed by atoms with Crippen LogP contribution in [0.4, 0.5) is 5.69 Å². The van der Waals surface area contributed by atoms with Crippen LogP contribution in [0.3, 0.4) is 0 Å². The van der Waals surface area contributed by atoms with Crippen LogP contribution in [0.5, 0.6) is 0 Å². The smallest absolute Gasteiger partial charge is 0.240 e. The molecule has 3 rings (SSSR count). The second-order valence-electron chi connectivity index (χ2n) is 6.49. The number of anilines is 1. The molecule has 2 bridgehead atoms. The van der Waals surface area contributed by atoms with E-state index in [2.05, 4.69) is 10.0 Å². The summed E-state index contributed by atoms with van der Waals surface area (Å²) in [7, 11) is -3.47. The van der Waals surface area contributed by atoms with Crippen molar-refractivity contribution in [3.63, 3.8) is 0 Å². The number of nitrogens with one attached hydrogen (secondary N) is 2. The lowest BCUT2D eigenvalue weighted by Crippen LogP contribution is -2.31. The van der Waals surface area contributed by atoms with Crippen molar-refractivity contribution in [3.8, 4) is 0 Å². The average Bonchev–Trinajstić information content (AvgIpc) is 3.08.